The van der Waals surface area contributed by atoms with Crippen LogP contribution < -0.4 is 16.4 Å². The first-order valence-corrected chi connectivity index (χ1v) is 6.85. The standard InChI is InChI=1S/C16H16N6/c1-11-6-2-3-7-12(11)21-15-14(17)16(20-10-19-15)22-13-8-4-5-9-18-13/h2-10H,17H2,1H3,(H2,18,19,20,21,22). The van der Waals surface area contributed by atoms with E-state index in [2.05, 4.69) is 25.6 Å². The van der Waals surface area contributed by atoms with Gasteiger partial charge in [-0.2, -0.15) is 0 Å². The largest absolute Gasteiger partial charge is 0.393 e. The average Bonchev–Trinajstić information content (AvgIpc) is 2.54. The summed E-state index contributed by atoms with van der Waals surface area (Å²) < 4.78 is 0. The predicted molar refractivity (Wildman–Crippen MR) is 88.4 cm³/mol. The van der Waals surface area contributed by atoms with Gasteiger partial charge in [-0.3, -0.25) is 0 Å². The summed E-state index contributed by atoms with van der Waals surface area (Å²) in [5.74, 6) is 1.75. The normalized spacial score (nSPS) is 10.2. The minimum absolute atomic E-state index is 0.441. The summed E-state index contributed by atoms with van der Waals surface area (Å²) in [6.45, 7) is 2.02. The molecule has 6 heteroatoms. The van der Waals surface area contributed by atoms with Crippen molar-refractivity contribution in [3.63, 3.8) is 0 Å². The molecule has 0 saturated carbocycles. The topological polar surface area (TPSA) is 88.8 Å². The minimum atomic E-state index is 0.441. The number of aryl methyl sites for hydroxylation is 1. The Hall–Kier alpha value is -3.15. The highest BCUT2D eigenvalue weighted by molar-refractivity contribution is 5.80. The lowest BCUT2D eigenvalue weighted by molar-refractivity contribution is 1.16. The Morgan fingerprint density at radius 2 is 1.59 bits per heavy atom. The van der Waals surface area contributed by atoms with E-state index in [1.807, 2.05) is 49.4 Å². The SMILES string of the molecule is Cc1ccccc1Nc1ncnc(Nc2ccccn2)c1N. The van der Waals surface area contributed by atoms with Crippen molar-refractivity contribution in [2.75, 3.05) is 16.4 Å². The van der Waals surface area contributed by atoms with E-state index < -0.39 is 0 Å². The number of hydrogen-bond acceptors (Lipinski definition) is 6. The molecule has 3 aromatic rings. The van der Waals surface area contributed by atoms with Crippen molar-refractivity contribution in [1.29, 1.82) is 0 Å². The van der Waals surface area contributed by atoms with Crippen LogP contribution in [0, 0.1) is 6.92 Å². The third-order valence-electron chi connectivity index (χ3n) is 3.19. The summed E-state index contributed by atoms with van der Waals surface area (Å²) in [5.41, 5.74) is 8.66. The van der Waals surface area contributed by atoms with Crippen molar-refractivity contribution >= 4 is 28.8 Å². The number of benzene rings is 1. The van der Waals surface area contributed by atoms with Gasteiger partial charge in [-0.15, -0.1) is 0 Å². The molecule has 2 aromatic heterocycles. The fourth-order valence-electron chi connectivity index (χ4n) is 1.99. The summed E-state index contributed by atoms with van der Waals surface area (Å²) in [5, 5.41) is 6.32. The van der Waals surface area contributed by atoms with Crippen LogP contribution in [-0.2, 0) is 0 Å². The van der Waals surface area contributed by atoms with E-state index in [0.717, 1.165) is 11.3 Å². The number of rotatable bonds is 4. The lowest BCUT2D eigenvalue weighted by Gasteiger charge is -2.13. The number of nitrogens with two attached hydrogens (primary N) is 1. The van der Waals surface area contributed by atoms with Gasteiger partial charge in [-0.05, 0) is 30.7 Å². The van der Waals surface area contributed by atoms with Gasteiger partial charge in [0.2, 0.25) is 0 Å². The van der Waals surface area contributed by atoms with Gasteiger partial charge in [-0.25, -0.2) is 15.0 Å². The van der Waals surface area contributed by atoms with Crippen LogP contribution in [0.15, 0.2) is 55.0 Å². The minimum Gasteiger partial charge on any atom is -0.393 e. The fraction of sp³-hybridized carbons (Fsp3) is 0.0625. The number of aromatic nitrogens is 3. The molecule has 0 fully saturated rings. The molecule has 4 N–H and O–H groups in total. The molecule has 22 heavy (non-hydrogen) atoms. The molecule has 6 nitrogen and oxygen atoms in total. The van der Waals surface area contributed by atoms with Gasteiger partial charge < -0.3 is 16.4 Å². The maximum atomic E-state index is 6.15. The van der Waals surface area contributed by atoms with Crippen LogP contribution >= 0.6 is 0 Å². The number of anilines is 5. The molecule has 1 aromatic carbocycles. The van der Waals surface area contributed by atoms with Gasteiger partial charge in [0.1, 0.15) is 17.8 Å². The van der Waals surface area contributed by atoms with Crippen LogP contribution in [0.4, 0.5) is 28.8 Å². The zero-order valence-electron chi connectivity index (χ0n) is 12.1. The third kappa shape index (κ3) is 2.95. The Labute approximate surface area is 128 Å². The zero-order valence-corrected chi connectivity index (χ0v) is 12.1. The van der Waals surface area contributed by atoms with Crippen molar-refractivity contribution in [3.05, 3.63) is 60.6 Å². The second-order valence-electron chi connectivity index (χ2n) is 4.76. The maximum absolute atomic E-state index is 6.15. The van der Waals surface area contributed by atoms with Crippen molar-refractivity contribution in [3.8, 4) is 0 Å². The number of nitrogens with zero attached hydrogens (tertiary/aromatic N) is 3. The summed E-state index contributed by atoms with van der Waals surface area (Å²) >= 11 is 0. The predicted octanol–water partition coefficient (Wildman–Crippen LogP) is 3.25. The molecule has 2 heterocycles. The van der Waals surface area contributed by atoms with Crippen LogP contribution in [-0.4, -0.2) is 15.0 Å². The molecule has 0 saturated heterocycles. The Balaban J connectivity index is 1.88. The van der Waals surface area contributed by atoms with Crippen LogP contribution in [0.5, 0.6) is 0 Å². The number of para-hydroxylation sites is 1. The molecule has 0 atom stereocenters. The van der Waals surface area contributed by atoms with E-state index in [9.17, 15) is 0 Å². The molecule has 0 aliphatic heterocycles. The average molecular weight is 292 g/mol. The Morgan fingerprint density at radius 1 is 0.864 bits per heavy atom. The van der Waals surface area contributed by atoms with Crippen molar-refractivity contribution in [1.82, 2.24) is 15.0 Å². The molecule has 0 unspecified atom stereocenters. The molecule has 0 spiro atoms. The van der Waals surface area contributed by atoms with Gasteiger partial charge in [0.25, 0.3) is 0 Å². The molecule has 110 valence electrons. The lowest BCUT2D eigenvalue weighted by atomic mass is 10.2. The van der Waals surface area contributed by atoms with E-state index in [1.165, 1.54) is 6.33 Å². The number of nitrogens with one attached hydrogen (secondary N) is 2. The highest BCUT2D eigenvalue weighted by Gasteiger charge is 2.09. The van der Waals surface area contributed by atoms with Gasteiger partial charge in [0, 0.05) is 11.9 Å². The van der Waals surface area contributed by atoms with E-state index >= 15 is 0 Å². The Bertz CT molecular complexity index is 773. The molecule has 0 aliphatic rings. The van der Waals surface area contributed by atoms with Crippen molar-refractivity contribution < 1.29 is 0 Å². The maximum Gasteiger partial charge on any atom is 0.160 e. The monoisotopic (exact) mass is 292 g/mol. The molecular weight excluding hydrogens is 276 g/mol. The van der Waals surface area contributed by atoms with E-state index in [4.69, 9.17) is 5.73 Å². The molecule has 3 rings (SSSR count). The Kier molecular flexibility index (Phi) is 3.82. The second-order valence-corrected chi connectivity index (χ2v) is 4.76. The van der Waals surface area contributed by atoms with Crippen molar-refractivity contribution in [2.45, 2.75) is 6.92 Å². The third-order valence-corrected chi connectivity index (χ3v) is 3.19. The first kappa shape index (κ1) is 13.8. The Morgan fingerprint density at radius 3 is 2.32 bits per heavy atom. The first-order valence-electron chi connectivity index (χ1n) is 6.85. The quantitative estimate of drug-likeness (QED) is 0.684. The summed E-state index contributed by atoms with van der Waals surface area (Å²) in [6.07, 6.45) is 3.16. The van der Waals surface area contributed by atoms with Gasteiger partial charge in [0.05, 0.1) is 0 Å². The van der Waals surface area contributed by atoms with E-state index in [1.54, 1.807) is 6.20 Å². The second kappa shape index (κ2) is 6.09. The summed E-state index contributed by atoms with van der Waals surface area (Å²) in [6, 6.07) is 13.5. The molecular formula is C16H16N6. The fourth-order valence-corrected chi connectivity index (χ4v) is 1.99. The van der Waals surface area contributed by atoms with Crippen LogP contribution in [0.1, 0.15) is 5.56 Å². The van der Waals surface area contributed by atoms with E-state index in [0.29, 0.717) is 23.1 Å². The molecule has 0 amide bonds. The number of nitrogen functional groups attached to an aromatic ring is 1. The lowest BCUT2D eigenvalue weighted by Crippen LogP contribution is -2.06. The van der Waals surface area contributed by atoms with Crippen molar-refractivity contribution in [2.24, 2.45) is 0 Å². The van der Waals surface area contributed by atoms with Crippen LogP contribution in [0.2, 0.25) is 0 Å². The molecule has 0 radical (unpaired) electrons. The van der Waals surface area contributed by atoms with Gasteiger partial charge in [-0.1, -0.05) is 24.3 Å². The summed E-state index contributed by atoms with van der Waals surface area (Å²) in [7, 11) is 0. The highest BCUT2D eigenvalue weighted by Crippen LogP contribution is 2.28. The zero-order chi connectivity index (χ0) is 15.4. The van der Waals surface area contributed by atoms with Gasteiger partial charge in [0.15, 0.2) is 11.6 Å². The van der Waals surface area contributed by atoms with E-state index in [-0.39, 0.29) is 0 Å². The van der Waals surface area contributed by atoms with Crippen LogP contribution in [0.25, 0.3) is 0 Å². The number of hydrogen-bond donors (Lipinski definition) is 3. The summed E-state index contributed by atoms with van der Waals surface area (Å²) in [4.78, 5) is 12.6. The first-order chi connectivity index (χ1) is 10.7. The highest BCUT2D eigenvalue weighted by atomic mass is 15.1. The van der Waals surface area contributed by atoms with Gasteiger partial charge >= 0.3 is 0 Å². The smallest absolute Gasteiger partial charge is 0.160 e. The number of pyridine rings is 1. The van der Waals surface area contributed by atoms with Crippen LogP contribution in [0.3, 0.4) is 0 Å². The molecule has 0 bridgehead atoms. The molecule has 0 aliphatic carbocycles.